The summed E-state index contributed by atoms with van der Waals surface area (Å²) in [5.74, 6) is 0.0909. The zero-order valence-electron chi connectivity index (χ0n) is 17.3. The topological polar surface area (TPSA) is 76.4 Å². The minimum atomic E-state index is -0.521. The van der Waals surface area contributed by atoms with E-state index in [4.69, 9.17) is 56.2 Å². The predicted molar refractivity (Wildman–Crippen MR) is 136 cm³/mol. The zero-order chi connectivity index (χ0) is 23.7. The predicted octanol–water partition coefficient (Wildman–Crippen LogP) is 6.90. The summed E-state index contributed by atoms with van der Waals surface area (Å²) < 4.78 is 11.1. The normalized spacial score (nSPS) is 10.8. The Balaban J connectivity index is 1.52. The third-order valence-corrected chi connectivity index (χ3v) is 5.70. The molecule has 0 unspecified atom stereocenters. The van der Waals surface area contributed by atoms with Crippen molar-refractivity contribution in [3.63, 3.8) is 0 Å². The lowest BCUT2D eigenvalue weighted by molar-refractivity contribution is 0.0975. The number of ether oxygens (including phenoxy) is 1. The first-order valence-electron chi connectivity index (χ1n) is 9.57. The number of nitrogens with one attached hydrogen (secondary N) is 2. The van der Waals surface area contributed by atoms with Crippen molar-refractivity contribution in [2.45, 2.75) is 6.92 Å². The van der Waals surface area contributed by atoms with E-state index in [1.165, 1.54) is 19.2 Å². The molecule has 0 bridgehead atoms. The highest BCUT2D eigenvalue weighted by molar-refractivity contribution is 7.80. The third-order valence-electron chi connectivity index (χ3n) is 4.68. The van der Waals surface area contributed by atoms with E-state index in [0.717, 1.165) is 5.56 Å². The van der Waals surface area contributed by atoms with Gasteiger partial charge >= 0.3 is 0 Å². The molecule has 0 atom stereocenters. The molecule has 0 radical (unpaired) electrons. The van der Waals surface area contributed by atoms with Crippen LogP contribution in [0.25, 0.3) is 22.6 Å². The van der Waals surface area contributed by atoms with E-state index in [1.807, 2.05) is 25.1 Å². The second-order valence-corrected chi connectivity index (χ2v) is 8.72. The van der Waals surface area contributed by atoms with E-state index < -0.39 is 5.91 Å². The second kappa shape index (κ2) is 9.57. The van der Waals surface area contributed by atoms with Gasteiger partial charge in [0.05, 0.1) is 28.3 Å². The van der Waals surface area contributed by atoms with E-state index in [9.17, 15) is 4.79 Å². The van der Waals surface area contributed by atoms with Gasteiger partial charge in [-0.15, -0.1) is 0 Å². The smallest absolute Gasteiger partial charge is 0.261 e. The van der Waals surface area contributed by atoms with Crippen LogP contribution in [-0.4, -0.2) is 23.1 Å². The van der Waals surface area contributed by atoms with Gasteiger partial charge in [-0.1, -0.05) is 40.9 Å². The number of rotatable bonds is 4. The number of hydrogen-bond acceptors (Lipinski definition) is 5. The van der Waals surface area contributed by atoms with Crippen LogP contribution in [0.3, 0.4) is 0 Å². The maximum absolute atomic E-state index is 12.7. The van der Waals surface area contributed by atoms with Crippen LogP contribution in [0, 0.1) is 6.92 Å². The number of carbonyl (C=O) groups is 1. The van der Waals surface area contributed by atoms with Gasteiger partial charge in [0.15, 0.2) is 10.7 Å². The van der Waals surface area contributed by atoms with Gasteiger partial charge in [0, 0.05) is 10.7 Å². The summed E-state index contributed by atoms with van der Waals surface area (Å²) in [5, 5.41) is 6.69. The van der Waals surface area contributed by atoms with Crippen molar-refractivity contribution >= 4 is 74.8 Å². The summed E-state index contributed by atoms with van der Waals surface area (Å²) in [4.78, 5) is 17.2. The van der Waals surface area contributed by atoms with Gasteiger partial charge < -0.3 is 14.5 Å². The maximum atomic E-state index is 12.7. The fourth-order valence-electron chi connectivity index (χ4n) is 3.18. The Morgan fingerprint density at radius 2 is 1.85 bits per heavy atom. The summed E-state index contributed by atoms with van der Waals surface area (Å²) in [6.45, 7) is 1.96. The quantitative estimate of drug-likeness (QED) is 0.285. The lowest BCUT2D eigenvalue weighted by Crippen LogP contribution is -2.34. The van der Waals surface area contributed by atoms with Gasteiger partial charge in [0.1, 0.15) is 11.3 Å². The average molecular weight is 521 g/mol. The number of aryl methyl sites for hydroxylation is 1. The molecule has 0 aliphatic rings. The van der Waals surface area contributed by atoms with Crippen molar-refractivity contribution in [3.8, 4) is 17.2 Å². The summed E-state index contributed by atoms with van der Waals surface area (Å²) in [6, 6.07) is 13.8. The Bertz CT molecular complexity index is 1400. The number of fused-ring (bicyclic) bond motifs is 1. The Morgan fingerprint density at radius 3 is 2.58 bits per heavy atom. The molecular formula is C23H16Cl3N3O3S. The van der Waals surface area contributed by atoms with E-state index in [-0.39, 0.29) is 21.4 Å². The summed E-state index contributed by atoms with van der Waals surface area (Å²) in [6.07, 6.45) is 0. The molecule has 0 aliphatic carbocycles. The lowest BCUT2D eigenvalue weighted by Gasteiger charge is -2.13. The van der Waals surface area contributed by atoms with Crippen LogP contribution in [0.5, 0.6) is 5.75 Å². The molecule has 33 heavy (non-hydrogen) atoms. The number of oxazole rings is 1. The number of halogens is 3. The molecule has 0 aliphatic heterocycles. The molecule has 6 nitrogen and oxygen atoms in total. The molecule has 10 heteroatoms. The van der Waals surface area contributed by atoms with E-state index in [1.54, 1.807) is 18.2 Å². The zero-order valence-corrected chi connectivity index (χ0v) is 20.4. The number of thiocarbonyl (C=S) groups is 1. The Labute approximate surface area is 209 Å². The molecule has 0 spiro atoms. The van der Waals surface area contributed by atoms with Gasteiger partial charge in [-0.3, -0.25) is 10.1 Å². The first-order valence-corrected chi connectivity index (χ1v) is 11.1. The molecular weight excluding hydrogens is 505 g/mol. The van der Waals surface area contributed by atoms with Crippen LogP contribution >= 0.6 is 47.0 Å². The first kappa shape index (κ1) is 23.3. The molecule has 168 valence electrons. The van der Waals surface area contributed by atoms with Gasteiger partial charge in [0.2, 0.25) is 5.89 Å². The molecule has 4 aromatic rings. The third kappa shape index (κ3) is 5.07. The van der Waals surface area contributed by atoms with Gasteiger partial charge in [0.25, 0.3) is 5.91 Å². The van der Waals surface area contributed by atoms with Crippen molar-refractivity contribution in [2.24, 2.45) is 0 Å². The largest absolute Gasteiger partial charge is 0.494 e. The molecule has 1 aromatic heterocycles. The maximum Gasteiger partial charge on any atom is 0.261 e. The minimum Gasteiger partial charge on any atom is -0.494 e. The highest BCUT2D eigenvalue weighted by Crippen LogP contribution is 2.33. The van der Waals surface area contributed by atoms with Crippen LogP contribution < -0.4 is 15.4 Å². The van der Waals surface area contributed by atoms with Gasteiger partial charge in [-0.05, 0) is 67.2 Å². The van der Waals surface area contributed by atoms with E-state index in [2.05, 4.69) is 15.6 Å². The highest BCUT2D eigenvalue weighted by Gasteiger charge is 2.18. The Morgan fingerprint density at radius 1 is 1.06 bits per heavy atom. The molecule has 0 saturated heterocycles. The molecule has 2 N–H and O–H groups in total. The van der Waals surface area contributed by atoms with Gasteiger partial charge in [-0.25, -0.2) is 4.98 Å². The molecule has 3 aromatic carbocycles. The molecule has 1 amide bonds. The molecule has 0 saturated carbocycles. The lowest BCUT2D eigenvalue weighted by atomic mass is 10.1. The van der Waals surface area contributed by atoms with Crippen molar-refractivity contribution in [3.05, 3.63) is 74.7 Å². The Kier molecular flexibility index (Phi) is 6.76. The number of aromatic nitrogens is 1. The summed E-state index contributed by atoms with van der Waals surface area (Å²) in [7, 11) is 1.41. The van der Waals surface area contributed by atoms with Crippen molar-refractivity contribution < 1.29 is 13.9 Å². The number of hydrogen-bond donors (Lipinski definition) is 2. The van der Waals surface area contributed by atoms with Crippen LogP contribution in [-0.2, 0) is 0 Å². The van der Waals surface area contributed by atoms with E-state index >= 15 is 0 Å². The molecule has 4 rings (SSSR count). The van der Waals surface area contributed by atoms with Crippen molar-refractivity contribution in [2.75, 3.05) is 12.4 Å². The Hall–Kier alpha value is -2.84. The van der Waals surface area contributed by atoms with Crippen LogP contribution in [0.2, 0.25) is 15.1 Å². The number of carbonyl (C=O) groups excluding carboxylic acids is 1. The van der Waals surface area contributed by atoms with Crippen LogP contribution in [0.15, 0.2) is 52.9 Å². The van der Waals surface area contributed by atoms with Crippen molar-refractivity contribution in [1.29, 1.82) is 0 Å². The standard InChI is InChI=1S/C23H16Cl3N3O3S/c1-11-3-5-14(16(25)7-11)22-28-18-10-13(4-6-19(18)32-22)27-23(33)29-21(30)15-8-12(24)9-17(26)20(15)31-2/h3-10H,1-2H3,(H2,27,29,30,33). The summed E-state index contributed by atoms with van der Waals surface area (Å²) >= 11 is 23.7. The SMILES string of the molecule is COc1c(Cl)cc(Cl)cc1C(=O)NC(=S)Nc1ccc2oc(-c3ccc(C)cc3Cl)nc2c1. The number of nitrogens with zero attached hydrogens (tertiary/aromatic N) is 1. The first-order chi connectivity index (χ1) is 15.7. The number of methoxy groups -OCH3 is 1. The highest BCUT2D eigenvalue weighted by atomic mass is 35.5. The fourth-order valence-corrected chi connectivity index (χ4v) is 4.28. The van der Waals surface area contributed by atoms with Gasteiger partial charge in [-0.2, -0.15) is 0 Å². The average Bonchev–Trinajstić information content (AvgIpc) is 3.16. The monoisotopic (exact) mass is 519 g/mol. The van der Waals surface area contributed by atoms with E-state index in [0.29, 0.717) is 38.3 Å². The van der Waals surface area contributed by atoms with Crippen LogP contribution in [0.1, 0.15) is 15.9 Å². The van der Waals surface area contributed by atoms with Crippen LogP contribution in [0.4, 0.5) is 5.69 Å². The number of benzene rings is 3. The molecule has 1 heterocycles. The molecule has 0 fully saturated rings. The van der Waals surface area contributed by atoms with Crippen molar-refractivity contribution in [1.82, 2.24) is 10.3 Å². The second-order valence-electron chi connectivity index (χ2n) is 7.06. The number of amides is 1. The fraction of sp³-hybridized carbons (Fsp3) is 0.0870. The minimum absolute atomic E-state index is 0.0720. The number of anilines is 1. The summed E-state index contributed by atoms with van der Waals surface area (Å²) in [5.41, 5.74) is 3.69.